The molecule has 0 aromatic heterocycles. The second-order valence-electron chi connectivity index (χ2n) is 5.67. The molecule has 0 aromatic carbocycles. The third-order valence-electron chi connectivity index (χ3n) is 3.48. The van der Waals surface area contributed by atoms with Crippen LogP contribution in [0.3, 0.4) is 0 Å². The molecule has 1 aliphatic carbocycles. The molecule has 1 rings (SSSR count). The van der Waals surface area contributed by atoms with Crippen molar-refractivity contribution in [3.8, 4) is 0 Å². The summed E-state index contributed by atoms with van der Waals surface area (Å²) < 4.78 is 0. The molecule has 1 saturated carbocycles. The molecule has 0 heterocycles. The van der Waals surface area contributed by atoms with Crippen molar-refractivity contribution < 1.29 is 4.79 Å². The number of nitrogens with one attached hydrogen (secondary N) is 1. The minimum Gasteiger partial charge on any atom is -0.368 e. The third-order valence-corrected chi connectivity index (χ3v) is 4.72. The lowest BCUT2D eigenvalue weighted by atomic mass is 9.93. The smallest absolute Gasteiger partial charge is 0.238 e. The van der Waals surface area contributed by atoms with Crippen LogP contribution in [0, 0.1) is 5.92 Å². The molecule has 4 heteroatoms. The van der Waals surface area contributed by atoms with Crippen molar-refractivity contribution >= 4 is 17.7 Å². The van der Waals surface area contributed by atoms with Gasteiger partial charge in [0.25, 0.3) is 0 Å². The van der Waals surface area contributed by atoms with Crippen LogP contribution in [0.4, 0.5) is 0 Å². The van der Waals surface area contributed by atoms with Gasteiger partial charge in [-0.1, -0.05) is 19.8 Å². The number of amides is 1. The standard InChI is InChI=1S/C14H28N2OS/c1-4-5-6-9-18-10-14(13(15)17,12-7-8-12)16-11(2)3/h11-12,16H,4-10H2,1-3H3,(H2,15,17). The Morgan fingerprint density at radius 2 is 2.11 bits per heavy atom. The lowest BCUT2D eigenvalue weighted by molar-refractivity contribution is -0.124. The Hall–Kier alpha value is -0.220. The number of primary amides is 1. The van der Waals surface area contributed by atoms with Gasteiger partial charge in [-0.15, -0.1) is 0 Å². The summed E-state index contributed by atoms with van der Waals surface area (Å²) in [5.41, 5.74) is 5.22. The second kappa shape index (κ2) is 7.39. The van der Waals surface area contributed by atoms with Crippen LogP contribution in [0.1, 0.15) is 52.9 Å². The van der Waals surface area contributed by atoms with Gasteiger partial charge >= 0.3 is 0 Å². The van der Waals surface area contributed by atoms with Crippen LogP contribution in [0.5, 0.6) is 0 Å². The first-order valence-electron chi connectivity index (χ1n) is 7.18. The van der Waals surface area contributed by atoms with Gasteiger partial charge in [-0.25, -0.2) is 0 Å². The zero-order valence-electron chi connectivity index (χ0n) is 12.0. The van der Waals surface area contributed by atoms with Gasteiger partial charge in [0.2, 0.25) is 5.91 Å². The number of hydrogen-bond donors (Lipinski definition) is 2. The van der Waals surface area contributed by atoms with E-state index in [0.717, 1.165) is 24.3 Å². The van der Waals surface area contributed by atoms with E-state index >= 15 is 0 Å². The van der Waals surface area contributed by atoms with Crippen molar-refractivity contribution in [2.24, 2.45) is 11.7 Å². The Balaban J connectivity index is 2.50. The van der Waals surface area contributed by atoms with E-state index in [1.807, 2.05) is 11.8 Å². The molecule has 3 nitrogen and oxygen atoms in total. The monoisotopic (exact) mass is 272 g/mol. The Morgan fingerprint density at radius 3 is 2.56 bits per heavy atom. The molecule has 0 radical (unpaired) electrons. The number of carbonyl (C=O) groups excluding carboxylic acids is 1. The highest BCUT2D eigenvalue weighted by molar-refractivity contribution is 7.99. The maximum Gasteiger partial charge on any atom is 0.238 e. The van der Waals surface area contributed by atoms with Crippen molar-refractivity contribution in [1.29, 1.82) is 0 Å². The van der Waals surface area contributed by atoms with Gasteiger partial charge in [-0.3, -0.25) is 4.79 Å². The lowest BCUT2D eigenvalue weighted by Crippen LogP contribution is -2.61. The number of carbonyl (C=O) groups is 1. The average molecular weight is 272 g/mol. The normalized spacial score (nSPS) is 18.9. The predicted octanol–water partition coefficient (Wildman–Crippen LogP) is 2.54. The molecule has 0 bridgehead atoms. The first-order valence-corrected chi connectivity index (χ1v) is 8.33. The zero-order valence-corrected chi connectivity index (χ0v) is 12.8. The highest BCUT2D eigenvalue weighted by Gasteiger charge is 2.49. The number of rotatable bonds is 10. The molecule has 0 aliphatic heterocycles. The summed E-state index contributed by atoms with van der Waals surface area (Å²) in [4.78, 5) is 11.9. The number of hydrogen-bond acceptors (Lipinski definition) is 3. The lowest BCUT2D eigenvalue weighted by Gasteiger charge is -2.34. The molecular formula is C14H28N2OS. The van der Waals surface area contributed by atoms with Gasteiger partial charge in [0, 0.05) is 11.8 Å². The summed E-state index contributed by atoms with van der Waals surface area (Å²) in [6.45, 7) is 6.38. The van der Waals surface area contributed by atoms with Crippen LogP contribution in [0.2, 0.25) is 0 Å². The molecule has 1 unspecified atom stereocenters. The van der Waals surface area contributed by atoms with Crippen LogP contribution in [0.25, 0.3) is 0 Å². The SMILES string of the molecule is CCCCCSCC(NC(C)C)(C(N)=O)C1CC1. The largest absolute Gasteiger partial charge is 0.368 e. The Morgan fingerprint density at radius 1 is 1.44 bits per heavy atom. The summed E-state index contributed by atoms with van der Waals surface area (Å²) in [5, 5.41) is 3.45. The summed E-state index contributed by atoms with van der Waals surface area (Å²) in [7, 11) is 0. The molecule has 0 aromatic rings. The van der Waals surface area contributed by atoms with Gasteiger partial charge in [0.05, 0.1) is 0 Å². The quantitative estimate of drug-likeness (QED) is 0.601. The highest BCUT2D eigenvalue weighted by atomic mass is 32.2. The molecule has 1 atom stereocenters. The van der Waals surface area contributed by atoms with Crippen molar-refractivity contribution in [1.82, 2.24) is 5.32 Å². The van der Waals surface area contributed by atoms with Crippen molar-refractivity contribution in [2.45, 2.75) is 64.5 Å². The molecule has 18 heavy (non-hydrogen) atoms. The van der Waals surface area contributed by atoms with Crippen LogP contribution in [-0.2, 0) is 4.79 Å². The van der Waals surface area contributed by atoms with E-state index < -0.39 is 5.54 Å². The van der Waals surface area contributed by atoms with E-state index in [1.165, 1.54) is 19.3 Å². The summed E-state index contributed by atoms with van der Waals surface area (Å²) in [6.07, 6.45) is 6.03. The van der Waals surface area contributed by atoms with Gasteiger partial charge in [-0.2, -0.15) is 11.8 Å². The Labute approximate surface area is 116 Å². The molecule has 1 aliphatic rings. The van der Waals surface area contributed by atoms with E-state index in [9.17, 15) is 4.79 Å². The van der Waals surface area contributed by atoms with E-state index in [2.05, 4.69) is 26.1 Å². The van der Waals surface area contributed by atoms with E-state index in [1.54, 1.807) is 0 Å². The molecule has 106 valence electrons. The fourth-order valence-electron chi connectivity index (χ4n) is 2.40. The Bertz CT molecular complexity index is 267. The first-order chi connectivity index (χ1) is 8.53. The number of nitrogens with two attached hydrogens (primary N) is 1. The van der Waals surface area contributed by atoms with E-state index in [4.69, 9.17) is 5.73 Å². The molecule has 0 saturated heterocycles. The van der Waals surface area contributed by atoms with Gasteiger partial charge in [0.15, 0.2) is 0 Å². The minimum absolute atomic E-state index is 0.165. The zero-order chi connectivity index (χ0) is 13.6. The van der Waals surface area contributed by atoms with Gasteiger partial charge in [0.1, 0.15) is 5.54 Å². The maximum atomic E-state index is 11.9. The van der Waals surface area contributed by atoms with Crippen LogP contribution in [0.15, 0.2) is 0 Å². The summed E-state index contributed by atoms with van der Waals surface area (Å²) in [6, 6.07) is 0.300. The Kier molecular flexibility index (Phi) is 6.50. The van der Waals surface area contributed by atoms with E-state index in [-0.39, 0.29) is 5.91 Å². The highest BCUT2D eigenvalue weighted by Crippen LogP contribution is 2.41. The van der Waals surface area contributed by atoms with Crippen LogP contribution < -0.4 is 11.1 Å². The number of unbranched alkanes of at least 4 members (excludes halogenated alkanes) is 2. The molecular weight excluding hydrogens is 244 g/mol. The molecule has 0 spiro atoms. The van der Waals surface area contributed by atoms with Gasteiger partial charge < -0.3 is 11.1 Å². The molecule has 1 amide bonds. The fourth-order valence-corrected chi connectivity index (χ4v) is 3.74. The second-order valence-corrected chi connectivity index (χ2v) is 6.77. The first kappa shape index (κ1) is 15.8. The summed E-state index contributed by atoms with van der Waals surface area (Å²) in [5.74, 6) is 2.25. The van der Waals surface area contributed by atoms with Crippen LogP contribution >= 0.6 is 11.8 Å². The average Bonchev–Trinajstić information content (AvgIpc) is 3.10. The van der Waals surface area contributed by atoms with Crippen molar-refractivity contribution in [3.63, 3.8) is 0 Å². The molecule has 1 fully saturated rings. The van der Waals surface area contributed by atoms with Gasteiger partial charge in [-0.05, 0) is 44.8 Å². The minimum atomic E-state index is -0.467. The van der Waals surface area contributed by atoms with Crippen molar-refractivity contribution in [2.75, 3.05) is 11.5 Å². The number of thioether (sulfide) groups is 1. The fraction of sp³-hybridized carbons (Fsp3) is 0.929. The van der Waals surface area contributed by atoms with Crippen LogP contribution in [-0.4, -0.2) is 29.0 Å². The third kappa shape index (κ3) is 4.47. The topological polar surface area (TPSA) is 55.1 Å². The van der Waals surface area contributed by atoms with E-state index in [0.29, 0.717) is 12.0 Å². The predicted molar refractivity (Wildman–Crippen MR) is 79.8 cm³/mol. The van der Waals surface area contributed by atoms with Crippen molar-refractivity contribution in [3.05, 3.63) is 0 Å². The molecule has 3 N–H and O–H groups in total. The summed E-state index contributed by atoms with van der Waals surface area (Å²) >= 11 is 1.88. The maximum absolute atomic E-state index is 11.9.